The fourth-order valence-electron chi connectivity index (χ4n) is 2.70. The van der Waals surface area contributed by atoms with Crippen LogP contribution in [0.3, 0.4) is 0 Å². The highest BCUT2D eigenvalue weighted by Gasteiger charge is 2.34. The van der Waals surface area contributed by atoms with Crippen LogP contribution in [0, 0.1) is 0 Å². The van der Waals surface area contributed by atoms with Crippen molar-refractivity contribution in [1.29, 1.82) is 0 Å². The van der Waals surface area contributed by atoms with E-state index in [2.05, 4.69) is 0 Å². The van der Waals surface area contributed by atoms with E-state index in [0.29, 0.717) is 25.2 Å². The van der Waals surface area contributed by atoms with Crippen LogP contribution in [0.2, 0.25) is 0 Å². The van der Waals surface area contributed by atoms with E-state index in [4.69, 9.17) is 5.73 Å². The van der Waals surface area contributed by atoms with Gasteiger partial charge in [-0.05, 0) is 26.6 Å². The number of likely N-dealkylation sites (tertiary alicyclic amines) is 1. The Labute approximate surface area is 123 Å². The van der Waals surface area contributed by atoms with Crippen molar-refractivity contribution < 1.29 is 9.90 Å². The summed E-state index contributed by atoms with van der Waals surface area (Å²) >= 11 is 0. The Balaban J connectivity index is 2.11. The van der Waals surface area contributed by atoms with Crippen molar-refractivity contribution in [2.24, 2.45) is 0 Å². The van der Waals surface area contributed by atoms with Crippen molar-refractivity contribution in [2.45, 2.75) is 25.1 Å². The van der Waals surface area contributed by atoms with Crippen molar-refractivity contribution in [3.8, 4) is 0 Å². The largest absolute Gasteiger partial charge is 0.398 e. The smallest absolute Gasteiger partial charge is 0.251 e. The molecule has 0 saturated carbocycles. The van der Waals surface area contributed by atoms with E-state index in [1.54, 1.807) is 4.90 Å². The minimum atomic E-state index is -0.503. The van der Waals surface area contributed by atoms with E-state index in [9.17, 15) is 14.7 Å². The number of nitrogen functional groups attached to an aromatic ring is 1. The van der Waals surface area contributed by atoms with Crippen molar-refractivity contribution >= 4 is 11.6 Å². The number of aromatic nitrogens is 1. The van der Waals surface area contributed by atoms with Gasteiger partial charge in [0.1, 0.15) is 6.54 Å². The summed E-state index contributed by atoms with van der Waals surface area (Å²) in [6.45, 7) is 0.948. The van der Waals surface area contributed by atoms with Gasteiger partial charge in [0.2, 0.25) is 5.91 Å². The monoisotopic (exact) mass is 294 g/mol. The first kappa shape index (κ1) is 15.5. The lowest BCUT2D eigenvalue weighted by atomic mass is 10.2. The first-order valence-electron chi connectivity index (χ1n) is 6.95. The molecule has 0 aromatic carbocycles. The van der Waals surface area contributed by atoms with Crippen LogP contribution in [0.15, 0.2) is 23.1 Å². The topological polar surface area (TPSA) is 91.8 Å². The summed E-state index contributed by atoms with van der Waals surface area (Å²) in [5, 5.41) is 9.80. The summed E-state index contributed by atoms with van der Waals surface area (Å²) < 4.78 is 1.30. The van der Waals surface area contributed by atoms with Crippen LogP contribution < -0.4 is 11.3 Å². The van der Waals surface area contributed by atoms with Crippen LogP contribution in [-0.4, -0.2) is 64.7 Å². The highest BCUT2D eigenvalue weighted by Crippen LogP contribution is 2.19. The fourth-order valence-corrected chi connectivity index (χ4v) is 2.70. The zero-order valence-corrected chi connectivity index (χ0v) is 12.4. The molecule has 1 aliphatic rings. The van der Waals surface area contributed by atoms with Gasteiger partial charge in [-0.25, -0.2) is 0 Å². The maximum absolute atomic E-state index is 12.4. The summed E-state index contributed by atoms with van der Waals surface area (Å²) in [5.41, 5.74) is 5.82. The number of nitrogens with two attached hydrogens (primary N) is 1. The molecule has 0 aliphatic carbocycles. The van der Waals surface area contributed by atoms with Gasteiger partial charge in [-0.15, -0.1) is 0 Å². The first-order valence-corrected chi connectivity index (χ1v) is 6.95. The molecule has 1 aliphatic heterocycles. The second kappa shape index (κ2) is 6.28. The summed E-state index contributed by atoms with van der Waals surface area (Å²) in [7, 11) is 3.85. The summed E-state index contributed by atoms with van der Waals surface area (Å²) in [4.78, 5) is 27.8. The Hall–Kier alpha value is -1.86. The molecule has 7 heteroatoms. The quantitative estimate of drug-likeness (QED) is 0.739. The van der Waals surface area contributed by atoms with Crippen LogP contribution in [0.4, 0.5) is 5.69 Å². The summed E-state index contributed by atoms with van der Waals surface area (Å²) in [5.74, 6) is -0.175. The molecule has 1 saturated heterocycles. The Morgan fingerprint density at radius 1 is 1.48 bits per heavy atom. The summed E-state index contributed by atoms with van der Waals surface area (Å²) in [6.07, 6.45) is 1.53. The van der Waals surface area contributed by atoms with Crippen LogP contribution in [0.1, 0.15) is 6.42 Å². The molecule has 2 rings (SSSR count). The average molecular weight is 294 g/mol. The molecule has 2 unspecified atom stereocenters. The van der Waals surface area contributed by atoms with Gasteiger partial charge in [-0.1, -0.05) is 0 Å². The Morgan fingerprint density at radius 3 is 2.86 bits per heavy atom. The zero-order valence-electron chi connectivity index (χ0n) is 12.4. The Bertz CT molecular complexity index is 570. The zero-order chi connectivity index (χ0) is 15.6. The minimum Gasteiger partial charge on any atom is -0.398 e. The lowest BCUT2D eigenvalue weighted by Gasteiger charge is -2.27. The molecule has 0 spiro atoms. The van der Waals surface area contributed by atoms with E-state index in [-0.39, 0.29) is 24.1 Å². The minimum absolute atomic E-state index is 0.0285. The van der Waals surface area contributed by atoms with E-state index in [1.165, 1.54) is 22.9 Å². The summed E-state index contributed by atoms with van der Waals surface area (Å²) in [6, 6.07) is 2.83. The number of anilines is 1. The predicted molar refractivity (Wildman–Crippen MR) is 79.8 cm³/mol. The van der Waals surface area contributed by atoms with Gasteiger partial charge in [0.25, 0.3) is 5.56 Å². The lowest BCUT2D eigenvalue weighted by Crippen LogP contribution is -2.43. The number of amides is 1. The van der Waals surface area contributed by atoms with Gasteiger partial charge in [0.05, 0.1) is 6.10 Å². The number of carbonyl (C=O) groups excluding carboxylic acids is 1. The van der Waals surface area contributed by atoms with Gasteiger partial charge < -0.3 is 25.2 Å². The number of aliphatic hydroxyl groups is 1. The molecule has 116 valence electrons. The number of pyridine rings is 1. The van der Waals surface area contributed by atoms with E-state index < -0.39 is 6.10 Å². The van der Waals surface area contributed by atoms with Crippen molar-refractivity contribution in [1.82, 2.24) is 14.4 Å². The fraction of sp³-hybridized carbons (Fsp3) is 0.571. The van der Waals surface area contributed by atoms with Crippen molar-refractivity contribution in [3.05, 3.63) is 28.7 Å². The highest BCUT2D eigenvalue weighted by molar-refractivity contribution is 5.77. The number of nitrogens with zero attached hydrogens (tertiary/aromatic N) is 3. The van der Waals surface area contributed by atoms with Crippen LogP contribution >= 0.6 is 0 Å². The number of likely N-dealkylation sites (N-methyl/N-ethyl adjacent to an activating group) is 1. The third-order valence-corrected chi connectivity index (χ3v) is 3.60. The SMILES string of the molecule is CN(C)CC1CC(O)CN1C(=O)Cn1cc(N)ccc1=O. The van der Waals surface area contributed by atoms with Crippen molar-refractivity contribution in [2.75, 3.05) is 32.9 Å². The van der Waals surface area contributed by atoms with Crippen molar-refractivity contribution in [3.63, 3.8) is 0 Å². The molecule has 7 nitrogen and oxygen atoms in total. The van der Waals surface area contributed by atoms with Gasteiger partial charge in [-0.3, -0.25) is 9.59 Å². The molecule has 21 heavy (non-hydrogen) atoms. The van der Waals surface area contributed by atoms with Gasteiger partial charge in [0.15, 0.2) is 0 Å². The van der Waals surface area contributed by atoms with Gasteiger partial charge >= 0.3 is 0 Å². The molecule has 2 atom stereocenters. The molecule has 1 amide bonds. The van der Waals surface area contributed by atoms with Crippen LogP contribution in [0.25, 0.3) is 0 Å². The molecule has 2 heterocycles. The van der Waals surface area contributed by atoms with Gasteiger partial charge in [-0.2, -0.15) is 0 Å². The molecule has 1 aromatic rings. The molecule has 0 bridgehead atoms. The molecular weight excluding hydrogens is 272 g/mol. The number of β-amino-alcohol motifs (C(OH)–C–C–N with tert-alkyl or cyclic N) is 1. The standard InChI is InChI=1S/C14H22N4O3/c1-16(2)7-11-5-12(19)8-18(11)14(21)9-17-6-10(15)3-4-13(17)20/h3-4,6,11-12,19H,5,7-9,15H2,1-2H3. The maximum atomic E-state index is 12.4. The molecule has 3 N–H and O–H groups in total. The third-order valence-electron chi connectivity index (χ3n) is 3.60. The van der Waals surface area contributed by atoms with E-state index in [1.807, 2.05) is 19.0 Å². The lowest BCUT2D eigenvalue weighted by molar-refractivity contribution is -0.133. The second-order valence-electron chi connectivity index (χ2n) is 5.78. The van der Waals surface area contributed by atoms with E-state index in [0.717, 1.165) is 0 Å². The number of aliphatic hydroxyl groups excluding tert-OH is 1. The average Bonchev–Trinajstić information content (AvgIpc) is 2.74. The van der Waals surface area contributed by atoms with Gasteiger partial charge in [0, 0.05) is 37.1 Å². The predicted octanol–water partition coefficient (Wildman–Crippen LogP) is -1.05. The highest BCUT2D eigenvalue weighted by atomic mass is 16.3. The van der Waals surface area contributed by atoms with E-state index >= 15 is 0 Å². The third kappa shape index (κ3) is 3.83. The molecule has 0 radical (unpaired) electrons. The number of hydrogen-bond acceptors (Lipinski definition) is 5. The van der Waals surface area contributed by atoms with Crippen LogP contribution in [-0.2, 0) is 11.3 Å². The number of rotatable bonds is 4. The Kier molecular flexibility index (Phi) is 4.64. The number of carbonyl (C=O) groups is 1. The Morgan fingerprint density at radius 2 is 2.19 bits per heavy atom. The maximum Gasteiger partial charge on any atom is 0.251 e. The molecule has 1 fully saturated rings. The normalized spacial score (nSPS) is 22.0. The first-order chi connectivity index (χ1) is 9.86. The second-order valence-corrected chi connectivity index (χ2v) is 5.78. The molecule has 1 aromatic heterocycles. The van der Waals surface area contributed by atoms with Crippen LogP contribution in [0.5, 0.6) is 0 Å². The number of hydrogen-bond donors (Lipinski definition) is 2. The molecular formula is C14H22N4O3.